The van der Waals surface area contributed by atoms with Crippen molar-refractivity contribution in [2.24, 2.45) is 5.73 Å². The van der Waals surface area contributed by atoms with E-state index >= 15 is 0 Å². The van der Waals surface area contributed by atoms with Crippen LogP contribution >= 0.6 is 11.3 Å². The van der Waals surface area contributed by atoms with Crippen molar-refractivity contribution in [2.75, 3.05) is 7.11 Å². The monoisotopic (exact) mass is 270 g/mol. The van der Waals surface area contributed by atoms with Gasteiger partial charge in [0.05, 0.1) is 18.7 Å². The average molecular weight is 270 g/mol. The number of para-hydroxylation sites is 1. The van der Waals surface area contributed by atoms with Crippen LogP contribution in [0.4, 0.5) is 0 Å². The zero-order chi connectivity index (χ0) is 13.2. The van der Waals surface area contributed by atoms with Gasteiger partial charge in [-0.2, -0.15) is 0 Å². The molecule has 1 atom stereocenters. The number of nitrogens with zero attached hydrogens (tertiary/aromatic N) is 1. The van der Waals surface area contributed by atoms with Crippen LogP contribution in [-0.4, -0.2) is 12.1 Å². The number of aromatic nitrogens is 1. The van der Waals surface area contributed by atoms with E-state index in [4.69, 9.17) is 10.5 Å². The van der Waals surface area contributed by atoms with Crippen molar-refractivity contribution in [1.82, 2.24) is 4.98 Å². The van der Waals surface area contributed by atoms with E-state index in [0.717, 1.165) is 27.1 Å². The number of benzene rings is 1. The summed E-state index contributed by atoms with van der Waals surface area (Å²) in [4.78, 5) is 5.53. The van der Waals surface area contributed by atoms with Crippen molar-refractivity contribution in [1.29, 1.82) is 0 Å². The highest BCUT2D eigenvalue weighted by molar-refractivity contribution is 7.10. The molecule has 0 radical (unpaired) electrons. The van der Waals surface area contributed by atoms with E-state index in [1.165, 1.54) is 0 Å². The summed E-state index contributed by atoms with van der Waals surface area (Å²) in [5, 5.41) is 3.07. The molecule has 3 aromatic rings. The minimum absolute atomic E-state index is 0.161. The second-order valence-electron chi connectivity index (χ2n) is 4.33. The number of fused-ring (bicyclic) bond motifs is 1. The summed E-state index contributed by atoms with van der Waals surface area (Å²) in [6.07, 6.45) is 1.85. The first-order valence-electron chi connectivity index (χ1n) is 6.00. The predicted molar refractivity (Wildman–Crippen MR) is 78.6 cm³/mol. The van der Waals surface area contributed by atoms with Crippen molar-refractivity contribution in [3.8, 4) is 5.75 Å². The van der Waals surface area contributed by atoms with Crippen LogP contribution in [0.2, 0.25) is 0 Å². The summed E-state index contributed by atoms with van der Waals surface area (Å²) < 4.78 is 5.19. The average Bonchev–Trinajstić information content (AvgIpc) is 2.95. The third kappa shape index (κ3) is 2.32. The molecule has 1 aromatic carbocycles. The summed E-state index contributed by atoms with van der Waals surface area (Å²) in [6, 6.07) is 12.0. The van der Waals surface area contributed by atoms with E-state index in [2.05, 4.69) is 11.1 Å². The Bertz CT molecular complexity index is 708. The molecule has 0 spiro atoms. The largest absolute Gasteiger partial charge is 0.496 e. The molecular weight excluding hydrogens is 256 g/mol. The maximum absolute atomic E-state index is 6.29. The Labute approximate surface area is 115 Å². The molecule has 0 aliphatic heterocycles. The van der Waals surface area contributed by atoms with Gasteiger partial charge in [0, 0.05) is 21.8 Å². The summed E-state index contributed by atoms with van der Waals surface area (Å²) in [7, 11) is 1.66. The number of pyridine rings is 1. The predicted octanol–water partition coefficient (Wildman–Crippen LogP) is 3.35. The molecular formula is C15H14N2OS. The Hall–Kier alpha value is -1.91. The van der Waals surface area contributed by atoms with Crippen molar-refractivity contribution in [3.05, 3.63) is 58.4 Å². The molecule has 2 aromatic heterocycles. The van der Waals surface area contributed by atoms with Gasteiger partial charge in [-0.3, -0.25) is 4.98 Å². The molecule has 1 unspecified atom stereocenters. The highest BCUT2D eigenvalue weighted by Gasteiger charge is 2.12. The molecule has 3 nitrogen and oxygen atoms in total. The van der Waals surface area contributed by atoms with Gasteiger partial charge in [-0.05, 0) is 23.8 Å². The zero-order valence-corrected chi connectivity index (χ0v) is 11.4. The van der Waals surface area contributed by atoms with Crippen molar-refractivity contribution >= 4 is 22.2 Å². The lowest BCUT2D eigenvalue weighted by Gasteiger charge is -2.10. The number of hydrogen-bond donors (Lipinski definition) is 1. The third-order valence-electron chi connectivity index (χ3n) is 3.11. The third-order valence-corrected chi connectivity index (χ3v) is 4.10. The van der Waals surface area contributed by atoms with E-state index < -0.39 is 0 Å². The van der Waals surface area contributed by atoms with Gasteiger partial charge >= 0.3 is 0 Å². The molecule has 0 saturated carbocycles. The van der Waals surface area contributed by atoms with Gasteiger partial charge in [-0.15, -0.1) is 11.3 Å². The van der Waals surface area contributed by atoms with E-state index in [0.29, 0.717) is 0 Å². The standard InChI is InChI=1S/C15H14N2OS/c1-18-12-7-14(19-9-12)15(16)11-6-10-4-2-3-5-13(10)17-8-11/h2-9,15H,16H2,1H3. The molecule has 0 bridgehead atoms. The number of thiophene rings is 1. The lowest BCUT2D eigenvalue weighted by molar-refractivity contribution is 0.416. The first-order valence-corrected chi connectivity index (χ1v) is 6.88. The number of ether oxygens (including phenoxy) is 1. The van der Waals surface area contributed by atoms with Crippen molar-refractivity contribution in [3.63, 3.8) is 0 Å². The molecule has 0 saturated heterocycles. The second-order valence-corrected chi connectivity index (χ2v) is 5.27. The Balaban J connectivity index is 1.98. The van der Waals surface area contributed by atoms with Crippen molar-refractivity contribution < 1.29 is 4.74 Å². The molecule has 19 heavy (non-hydrogen) atoms. The van der Waals surface area contributed by atoms with Crippen LogP contribution in [0.25, 0.3) is 10.9 Å². The van der Waals surface area contributed by atoms with Crippen LogP contribution in [0, 0.1) is 0 Å². The molecule has 4 heteroatoms. The zero-order valence-electron chi connectivity index (χ0n) is 10.5. The Morgan fingerprint density at radius 2 is 2.11 bits per heavy atom. The lowest BCUT2D eigenvalue weighted by Crippen LogP contribution is -2.10. The normalized spacial score (nSPS) is 12.5. The quantitative estimate of drug-likeness (QED) is 0.794. The highest BCUT2D eigenvalue weighted by Crippen LogP contribution is 2.30. The van der Waals surface area contributed by atoms with E-state index in [1.807, 2.05) is 41.9 Å². The maximum atomic E-state index is 6.29. The van der Waals surface area contributed by atoms with Gasteiger partial charge in [-0.25, -0.2) is 0 Å². The van der Waals surface area contributed by atoms with Gasteiger partial charge in [0.2, 0.25) is 0 Å². The molecule has 0 amide bonds. The fourth-order valence-corrected chi connectivity index (χ4v) is 2.91. The topological polar surface area (TPSA) is 48.1 Å². The first kappa shape index (κ1) is 12.1. The van der Waals surface area contributed by atoms with Crippen LogP contribution in [0.5, 0.6) is 5.75 Å². The molecule has 2 heterocycles. The number of nitrogens with two attached hydrogens (primary N) is 1. The minimum atomic E-state index is -0.161. The second kappa shape index (κ2) is 4.99. The van der Waals surface area contributed by atoms with Gasteiger partial charge < -0.3 is 10.5 Å². The molecule has 0 aliphatic rings. The molecule has 96 valence electrons. The Morgan fingerprint density at radius 3 is 2.89 bits per heavy atom. The maximum Gasteiger partial charge on any atom is 0.129 e. The lowest BCUT2D eigenvalue weighted by atomic mass is 10.1. The number of methoxy groups -OCH3 is 1. The van der Waals surface area contributed by atoms with E-state index in [9.17, 15) is 0 Å². The van der Waals surface area contributed by atoms with Crippen molar-refractivity contribution in [2.45, 2.75) is 6.04 Å². The number of rotatable bonds is 3. The number of hydrogen-bond acceptors (Lipinski definition) is 4. The van der Waals surface area contributed by atoms with Gasteiger partial charge in [0.1, 0.15) is 5.75 Å². The SMILES string of the molecule is COc1csc(C(N)c2cnc3ccccc3c2)c1. The van der Waals surface area contributed by atoms with Gasteiger partial charge in [0.25, 0.3) is 0 Å². The van der Waals surface area contributed by atoms with E-state index in [-0.39, 0.29) is 6.04 Å². The van der Waals surface area contributed by atoms with Crippen LogP contribution < -0.4 is 10.5 Å². The summed E-state index contributed by atoms with van der Waals surface area (Å²) >= 11 is 1.60. The van der Waals surface area contributed by atoms with Crippen LogP contribution in [0.15, 0.2) is 48.0 Å². The molecule has 0 aliphatic carbocycles. The molecule has 3 rings (SSSR count). The molecule has 0 fully saturated rings. The highest BCUT2D eigenvalue weighted by atomic mass is 32.1. The Kier molecular flexibility index (Phi) is 3.19. The van der Waals surface area contributed by atoms with Gasteiger partial charge in [0.15, 0.2) is 0 Å². The smallest absolute Gasteiger partial charge is 0.129 e. The summed E-state index contributed by atoms with van der Waals surface area (Å²) in [5.74, 6) is 0.851. The van der Waals surface area contributed by atoms with Gasteiger partial charge in [-0.1, -0.05) is 18.2 Å². The summed E-state index contributed by atoms with van der Waals surface area (Å²) in [5.41, 5.74) is 8.30. The van der Waals surface area contributed by atoms with E-state index in [1.54, 1.807) is 18.4 Å². The van der Waals surface area contributed by atoms with Crippen LogP contribution in [-0.2, 0) is 0 Å². The summed E-state index contributed by atoms with van der Waals surface area (Å²) in [6.45, 7) is 0. The first-order chi connectivity index (χ1) is 9.28. The molecule has 2 N–H and O–H groups in total. The Morgan fingerprint density at radius 1 is 1.26 bits per heavy atom. The minimum Gasteiger partial charge on any atom is -0.496 e. The van der Waals surface area contributed by atoms with Crippen LogP contribution in [0.3, 0.4) is 0 Å². The fraction of sp³-hybridized carbons (Fsp3) is 0.133. The fourth-order valence-electron chi connectivity index (χ4n) is 2.03. The van der Waals surface area contributed by atoms with Crippen LogP contribution in [0.1, 0.15) is 16.5 Å².